The van der Waals surface area contributed by atoms with Crippen LogP contribution in [-0.4, -0.2) is 39.4 Å². The van der Waals surface area contributed by atoms with Gasteiger partial charge in [-0.05, 0) is 20.0 Å². The van der Waals surface area contributed by atoms with Crippen molar-refractivity contribution in [2.75, 3.05) is 33.4 Å². The molecule has 78 valence electrons. The summed E-state index contributed by atoms with van der Waals surface area (Å²) in [5.74, 6) is 0.654. The van der Waals surface area contributed by atoms with E-state index in [0.29, 0.717) is 12.0 Å². The van der Waals surface area contributed by atoms with Crippen molar-refractivity contribution < 1.29 is 4.74 Å². The third kappa shape index (κ3) is 3.63. The summed E-state index contributed by atoms with van der Waals surface area (Å²) in [5.41, 5.74) is 0. The second kappa shape index (κ2) is 6.35. The predicted molar refractivity (Wildman–Crippen MR) is 54.9 cm³/mol. The van der Waals surface area contributed by atoms with Gasteiger partial charge in [-0.15, -0.1) is 0 Å². The van der Waals surface area contributed by atoms with Crippen molar-refractivity contribution in [1.29, 1.82) is 0 Å². The molecule has 2 atom stereocenters. The largest absolute Gasteiger partial charge is 0.379 e. The number of ether oxygens (including phenoxy) is 1. The van der Waals surface area contributed by atoms with Gasteiger partial charge in [-0.3, -0.25) is 0 Å². The van der Waals surface area contributed by atoms with Gasteiger partial charge in [0.05, 0.1) is 13.2 Å². The van der Waals surface area contributed by atoms with Gasteiger partial charge in [-0.1, -0.05) is 13.3 Å². The minimum absolute atomic E-state index is 0.550. The fraction of sp³-hybridized carbons (Fsp3) is 1.00. The van der Waals surface area contributed by atoms with Gasteiger partial charge in [-0.25, -0.2) is 0 Å². The van der Waals surface area contributed by atoms with Crippen molar-refractivity contribution in [2.24, 2.45) is 5.92 Å². The third-order valence-corrected chi connectivity index (χ3v) is 2.68. The minimum Gasteiger partial charge on any atom is -0.379 e. The molecule has 0 spiro atoms. The average Bonchev–Trinajstić information content (AvgIpc) is 2.60. The Morgan fingerprint density at radius 3 is 2.92 bits per heavy atom. The number of likely N-dealkylation sites (N-methyl/N-ethyl adjacent to an activating group) is 1. The van der Waals surface area contributed by atoms with Crippen LogP contribution in [0.5, 0.6) is 0 Å². The van der Waals surface area contributed by atoms with Crippen LogP contribution < -0.4 is 10.6 Å². The lowest BCUT2D eigenvalue weighted by Gasteiger charge is -2.16. The van der Waals surface area contributed by atoms with E-state index in [1.165, 1.54) is 12.8 Å². The summed E-state index contributed by atoms with van der Waals surface area (Å²) < 4.78 is 5.42. The van der Waals surface area contributed by atoms with Gasteiger partial charge >= 0.3 is 0 Å². The zero-order chi connectivity index (χ0) is 9.52. The Bertz CT molecular complexity index is 130. The maximum Gasteiger partial charge on any atom is 0.0623 e. The summed E-state index contributed by atoms with van der Waals surface area (Å²) in [6.45, 7) is 6.23. The smallest absolute Gasteiger partial charge is 0.0623 e. The molecule has 1 aliphatic heterocycles. The summed E-state index contributed by atoms with van der Waals surface area (Å²) in [6.07, 6.45) is 2.54. The van der Waals surface area contributed by atoms with Gasteiger partial charge in [0.1, 0.15) is 0 Å². The van der Waals surface area contributed by atoms with Gasteiger partial charge < -0.3 is 15.4 Å². The van der Waals surface area contributed by atoms with Crippen LogP contribution in [0.15, 0.2) is 0 Å². The minimum atomic E-state index is 0.550. The van der Waals surface area contributed by atoms with Crippen molar-refractivity contribution in [2.45, 2.75) is 25.8 Å². The van der Waals surface area contributed by atoms with E-state index in [4.69, 9.17) is 4.74 Å². The maximum absolute atomic E-state index is 5.42. The second-order valence-corrected chi connectivity index (χ2v) is 3.75. The normalized spacial score (nSPS) is 28.2. The van der Waals surface area contributed by atoms with Crippen LogP contribution in [-0.2, 0) is 4.74 Å². The average molecular weight is 186 g/mol. The quantitative estimate of drug-likeness (QED) is 0.596. The molecule has 1 heterocycles. The number of hydrogen-bond donors (Lipinski definition) is 2. The van der Waals surface area contributed by atoms with Crippen LogP contribution >= 0.6 is 0 Å². The number of nitrogens with one attached hydrogen (secondary N) is 2. The Kier molecular flexibility index (Phi) is 5.35. The Hall–Kier alpha value is -0.120. The van der Waals surface area contributed by atoms with Gasteiger partial charge in [0.2, 0.25) is 0 Å². The molecule has 2 unspecified atom stereocenters. The van der Waals surface area contributed by atoms with Crippen LogP contribution in [0.1, 0.15) is 19.8 Å². The van der Waals surface area contributed by atoms with Crippen LogP contribution in [0.4, 0.5) is 0 Å². The molecule has 1 rings (SSSR count). The highest BCUT2D eigenvalue weighted by atomic mass is 16.5. The number of rotatable bonds is 6. The predicted octanol–water partition coefficient (Wildman–Crippen LogP) is 0.611. The first-order valence-corrected chi connectivity index (χ1v) is 5.34. The van der Waals surface area contributed by atoms with Gasteiger partial charge in [-0.2, -0.15) is 0 Å². The van der Waals surface area contributed by atoms with Gasteiger partial charge in [0.25, 0.3) is 0 Å². The first-order valence-electron chi connectivity index (χ1n) is 5.34. The summed E-state index contributed by atoms with van der Waals surface area (Å²) in [4.78, 5) is 0. The van der Waals surface area contributed by atoms with Crippen LogP contribution in [0.25, 0.3) is 0 Å². The standard InChI is InChI=1S/C10H22N2O/c1-3-4-5-12-6-9-7-13-8-10(9)11-2/h9-12H,3-8H2,1-2H3. The van der Waals surface area contributed by atoms with Crippen molar-refractivity contribution in [1.82, 2.24) is 10.6 Å². The van der Waals surface area contributed by atoms with Gasteiger partial charge in [0, 0.05) is 18.5 Å². The van der Waals surface area contributed by atoms with Gasteiger partial charge in [0.15, 0.2) is 0 Å². The molecule has 0 aromatic rings. The number of unbranched alkanes of at least 4 members (excludes halogenated alkanes) is 1. The topological polar surface area (TPSA) is 33.3 Å². The highest BCUT2D eigenvalue weighted by Gasteiger charge is 2.25. The summed E-state index contributed by atoms with van der Waals surface area (Å²) >= 11 is 0. The van der Waals surface area contributed by atoms with E-state index in [9.17, 15) is 0 Å². The second-order valence-electron chi connectivity index (χ2n) is 3.75. The first kappa shape index (κ1) is 11.0. The monoisotopic (exact) mass is 186 g/mol. The maximum atomic E-state index is 5.42. The molecule has 1 saturated heterocycles. The molecule has 1 aliphatic rings. The molecule has 0 radical (unpaired) electrons. The van der Waals surface area contributed by atoms with E-state index in [2.05, 4.69) is 17.6 Å². The fourth-order valence-corrected chi connectivity index (χ4v) is 1.71. The van der Waals surface area contributed by atoms with Crippen molar-refractivity contribution >= 4 is 0 Å². The third-order valence-electron chi connectivity index (χ3n) is 2.68. The molecule has 1 fully saturated rings. The van der Waals surface area contributed by atoms with Crippen LogP contribution in [0.3, 0.4) is 0 Å². The molecule has 0 aromatic heterocycles. The van der Waals surface area contributed by atoms with E-state index < -0.39 is 0 Å². The molecule has 3 heteroatoms. The zero-order valence-electron chi connectivity index (χ0n) is 8.81. The van der Waals surface area contributed by atoms with E-state index in [1.807, 2.05) is 7.05 Å². The summed E-state index contributed by atoms with van der Waals surface area (Å²) in [5, 5.41) is 6.76. The summed E-state index contributed by atoms with van der Waals surface area (Å²) in [7, 11) is 2.01. The molecule has 0 bridgehead atoms. The van der Waals surface area contributed by atoms with E-state index in [1.54, 1.807) is 0 Å². The Labute approximate surface area is 81.2 Å². The van der Waals surface area contributed by atoms with Crippen molar-refractivity contribution in [3.8, 4) is 0 Å². The molecule has 0 aliphatic carbocycles. The molecule has 0 aromatic carbocycles. The van der Waals surface area contributed by atoms with Crippen LogP contribution in [0, 0.1) is 5.92 Å². The van der Waals surface area contributed by atoms with E-state index in [0.717, 1.165) is 26.3 Å². The Balaban J connectivity index is 2.06. The van der Waals surface area contributed by atoms with E-state index in [-0.39, 0.29) is 0 Å². The Morgan fingerprint density at radius 1 is 1.38 bits per heavy atom. The summed E-state index contributed by atoms with van der Waals surface area (Å²) in [6, 6.07) is 0.550. The fourth-order valence-electron chi connectivity index (χ4n) is 1.71. The van der Waals surface area contributed by atoms with Crippen molar-refractivity contribution in [3.05, 3.63) is 0 Å². The first-order chi connectivity index (χ1) is 6.38. The van der Waals surface area contributed by atoms with E-state index >= 15 is 0 Å². The van der Waals surface area contributed by atoms with Crippen LogP contribution in [0.2, 0.25) is 0 Å². The molecule has 0 saturated carbocycles. The highest BCUT2D eigenvalue weighted by molar-refractivity contribution is 4.81. The van der Waals surface area contributed by atoms with Crippen molar-refractivity contribution in [3.63, 3.8) is 0 Å². The lowest BCUT2D eigenvalue weighted by atomic mass is 10.0. The molecular formula is C10H22N2O. The zero-order valence-corrected chi connectivity index (χ0v) is 8.81. The molecule has 3 nitrogen and oxygen atoms in total. The molecule has 2 N–H and O–H groups in total. The number of hydrogen-bond acceptors (Lipinski definition) is 3. The highest BCUT2D eigenvalue weighted by Crippen LogP contribution is 2.11. The lowest BCUT2D eigenvalue weighted by molar-refractivity contribution is 0.182. The lowest BCUT2D eigenvalue weighted by Crippen LogP contribution is -2.38. The Morgan fingerprint density at radius 2 is 2.23 bits per heavy atom. The molecule has 0 amide bonds. The molecule has 13 heavy (non-hydrogen) atoms. The molecular weight excluding hydrogens is 164 g/mol. The SMILES string of the molecule is CCCCNCC1COCC1NC.